The Hall–Kier alpha value is -1.09. The molecule has 0 spiro atoms. The Balaban J connectivity index is 2.34. The van der Waals surface area contributed by atoms with Crippen LogP contribution in [0.25, 0.3) is 0 Å². The van der Waals surface area contributed by atoms with E-state index >= 15 is 0 Å². The van der Waals surface area contributed by atoms with Crippen molar-refractivity contribution in [1.82, 2.24) is 5.32 Å². The average molecular weight is 311 g/mol. The first-order chi connectivity index (χ1) is 8.66. The second kappa shape index (κ2) is 5.27. The van der Waals surface area contributed by atoms with E-state index in [1.165, 1.54) is 0 Å². The number of nitrogens with one attached hydrogen (secondary N) is 1. The van der Waals surface area contributed by atoms with E-state index in [1.54, 1.807) is 7.11 Å². The topological polar surface area (TPSA) is 54.3 Å². The van der Waals surface area contributed by atoms with Gasteiger partial charge in [-0.1, -0.05) is 6.07 Å². The van der Waals surface area contributed by atoms with Gasteiger partial charge in [-0.25, -0.2) is 0 Å². The maximum atomic E-state index is 9.36. The number of methoxy groups -OCH3 is 1. The Morgan fingerprint density at radius 2 is 2.28 bits per heavy atom. The third kappa shape index (κ3) is 2.12. The molecule has 5 heteroatoms. The molecule has 1 N–H and O–H groups in total. The number of benzene rings is 1. The van der Waals surface area contributed by atoms with Gasteiger partial charge in [0.05, 0.1) is 36.9 Å². The highest BCUT2D eigenvalue weighted by Crippen LogP contribution is 2.41. The molecule has 1 aliphatic heterocycles. The standard InChI is InChI=1S/C13H15BrN2O2/c1-16-12(13(6-15)7-18-8-13)9-3-4-11(17-2)10(14)5-9/h3-5,12,16H,7-8H2,1-2H3. The van der Waals surface area contributed by atoms with E-state index in [-0.39, 0.29) is 6.04 Å². The van der Waals surface area contributed by atoms with Crippen LogP contribution in [-0.4, -0.2) is 27.4 Å². The van der Waals surface area contributed by atoms with Gasteiger partial charge in [0, 0.05) is 0 Å². The van der Waals surface area contributed by atoms with Crippen LogP contribution in [0.4, 0.5) is 0 Å². The van der Waals surface area contributed by atoms with Crippen LogP contribution in [0, 0.1) is 16.7 Å². The molecule has 1 unspecified atom stereocenters. The molecule has 1 atom stereocenters. The molecule has 2 rings (SSSR count). The Morgan fingerprint density at radius 1 is 1.56 bits per heavy atom. The van der Waals surface area contributed by atoms with E-state index < -0.39 is 5.41 Å². The zero-order valence-corrected chi connectivity index (χ0v) is 12.0. The van der Waals surface area contributed by atoms with Crippen molar-refractivity contribution in [3.63, 3.8) is 0 Å². The SMILES string of the molecule is CNC(c1ccc(OC)c(Br)c1)C1(C#N)COC1. The molecule has 1 fully saturated rings. The number of hydrogen-bond acceptors (Lipinski definition) is 4. The summed E-state index contributed by atoms with van der Waals surface area (Å²) in [6.07, 6.45) is 0. The van der Waals surface area contributed by atoms with E-state index in [4.69, 9.17) is 9.47 Å². The summed E-state index contributed by atoms with van der Waals surface area (Å²) in [4.78, 5) is 0. The Kier molecular flexibility index (Phi) is 3.91. The van der Waals surface area contributed by atoms with E-state index in [0.717, 1.165) is 15.8 Å². The summed E-state index contributed by atoms with van der Waals surface area (Å²) >= 11 is 3.47. The van der Waals surface area contributed by atoms with Gasteiger partial charge in [0.2, 0.25) is 0 Å². The zero-order valence-electron chi connectivity index (χ0n) is 10.4. The Morgan fingerprint density at radius 3 is 2.67 bits per heavy atom. The minimum atomic E-state index is -0.469. The van der Waals surface area contributed by atoms with Crippen molar-refractivity contribution in [3.8, 4) is 11.8 Å². The van der Waals surface area contributed by atoms with Gasteiger partial charge in [-0.3, -0.25) is 0 Å². The smallest absolute Gasteiger partial charge is 0.133 e. The van der Waals surface area contributed by atoms with Gasteiger partial charge < -0.3 is 14.8 Å². The lowest BCUT2D eigenvalue weighted by Gasteiger charge is -2.41. The highest BCUT2D eigenvalue weighted by Gasteiger charge is 2.46. The van der Waals surface area contributed by atoms with Crippen LogP contribution >= 0.6 is 15.9 Å². The van der Waals surface area contributed by atoms with Gasteiger partial charge in [-0.05, 0) is 40.7 Å². The summed E-state index contributed by atoms with van der Waals surface area (Å²) in [5.74, 6) is 0.782. The molecule has 1 aliphatic rings. The lowest BCUT2D eigenvalue weighted by atomic mass is 9.76. The average Bonchev–Trinajstić information content (AvgIpc) is 2.33. The molecule has 1 aromatic carbocycles. The summed E-state index contributed by atoms with van der Waals surface area (Å²) in [7, 11) is 3.49. The highest BCUT2D eigenvalue weighted by molar-refractivity contribution is 9.10. The fourth-order valence-corrected chi connectivity index (χ4v) is 2.80. The quantitative estimate of drug-likeness (QED) is 0.927. The number of nitrogens with zero attached hydrogens (tertiary/aromatic N) is 1. The molecule has 0 bridgehead atoms. The van der Waals surface area contributed by atoms with Crippen molar-refractivity contribution in [3.05, 3.63) is 28.2 Å². The van der Waals surface area contributed by atoms with Crippen LogP contribution in [0.5, 0.6) is 5.75 Å². The minimum absolute atomic E-state index is 0.0431. The number of hydrogen-bond donors (Lipinski definition) is 1. The van der Waals surface area contributed by atoms with Crippen LogP contribution in [0.3, 0.4) is 0 Å². The molecule has 0 aliphatic carbocycles. The van der Waals surface area contributed by atoms with Crippen LogP contribution in [-0.2, 0) is 4.74 Å². The molecular formula is C13H15BrN2O2. The van der Waals surface area contributed by atoms with Crippen LogP contribution in [0.15, 0.2) is 22.7 Å². The van der Waals surface area contributed by atoms with Crippen LogP contribution in [0.2, 0.25) is 0 Å². The highest BCUT2D eigenvalue weighted by atomic mass is 79.9. The molecule has 96 valence electrons. The summed E-state index contributed by atoms with van der Waals surface area (Å²) in [5.41, 5.74) is 0.581. The van der Waals surface area contributed by atoms with Gasteiger partial charge in [0.25, 0.3) is 0 Å². The number of nitriles is 1. The van der Waals surface area contributed by atoms with Crippen LogP contribution < -0.4 is 10.1 Å². The second-order valence-electron chi connectivity index (χ2n) is 4.38. The van der Waals surface area contributed by atoms with Crippen molar-refractivity contribution < 1.29 is 9.47 Å². The van der Waals surface area contributed by atoms with Crippen molar-refractivity contribution in [2.75, 3.05) is 27.4 Å². The maximum absolute atomic E-state index is 9.36. The zero-order chi connectivity index (χ0) is 13.2. The number of rotatable bonds is 4. The summed E-state index contributed by atoms with van der Waals surface area (Å²) in [5, 5.41) is 12.6. The van der Waals surface area contributed by atoms with Crippen LogP contribution in [0.1, 0.15) is 11.6 Å². The molecule has 4 nitrogen and oxygen atoms in total. The van der Waals surface area contributed by atoms with E-state index in [2.05, 4.69) is 27.3 Å². The first-order valence-electron chi connectivity index (χ1n) is 5.66. The third-order valence-corrected chi connectivity index (χ3v) is 3.91. The third-order valence-electron chi connectivity index (χ3n) is 3.29. The van der Waals surface area contributed by atoms with Crippen molar-refractivity contribution in [2.24, 2.45) is 5.41 Å². The monoisotopic (exact) mass is 310 g/mol. The second-order valence-corrected chi connectivity index (χ2v) is 5.23. The molecule has 1 aromatic rings. The lowest BCUT2D eigenvalue weighted by molar-refractivity contribution is -0.0963. The molecular weight excluding hydrogens is 296 g/mol. The van der Waals surface area contributed by atoms with E-state index in [9.17, 15) is 5.26 Å². The molecule has 0 radical (unpaired) electrons. The van der Waals surface area contributed by atoms with E-state index in [1.807, 2.05) is 25.2 Å². The summed E-state index contributed by atoms with van der Waals surface area (Å²) in [6.45, 7) is 0.942. The molecule has 0 aromatic heterocycles. The Labute approximate surface area is 115 Å². The molecule has 0 saturated carbocycles. The lowest BCUT2D eigenvalue weighted by Crippen LogP contribution is -2.50. The van der Waals surface area contributed by atoms with Crippen molar-refractivity contribution in [1.29, 1.82) is 5.26 Å². The first-order valence-corrected chi connectivity index (χ1v) is 6.46. The predicted octanol–water partition coefficient (Wildman–Crippen LogP) is 2.26. The van der Waals surface area contributed by atoms with Crippen molar-refractivity contribution in [2.45, 2.75) is 6.04 Å². The van der Waals surface area contributed by atoms with Gasteiger partial charge >= 0.3 is 0 Å². The van der Waals surface area contributed by atoms with Gasteiger partial charge in [0.1, 0.15) is 11.2 Å². The van der Waals surface area contributed by atoms with Crippen molar-refractivity contribution >= 4 is 15.9 Å². The Bertz CT molecular complexity index is 480. The summed E-state index contributed by atoms with van der Waals surface area (Å²) < 4.78 is 11.3. The normalized spacial score (nSPS) is 18.6. The molecule has 1 heterocycles. The largest absolute Gasteiger partial charge is 0.496 e. The molecule has 1 saturated heterocycles. The number of ether oxygens (including phenoxy) is 2. The van der Waals surface area contributed by atoms with Gasteiger partial charge in [0.15, 0.2) is 0 Å². The summed E-state index contributed by atoms with van der Waals surface area (Å²) in [6, 6.07) is 8.19. The van der Waals surface area contributed by atoms with E-state index in [0.29, 0.717) is 13.2 Å². The molecule has 0 amide bonds. The van der Waals surface area contributed by atoms with Gasteiger partial charge in [-0.2, -0.15) is 5.26 Å². The molecule has 18 heavy (non-hydrogen) atoms. The fourth-order valence-electron chi connectivity index (χ4n) is 2.24. The fraction of sp³-hybridized carbons (Fsp3) is 0.462. The van der Waals surface area contributed by atoms with Gasteiger partial charge in [-0.15, -0.1) is 0 Å². The number of halogens is 1. The first kappa shape index (κ1) is 13.3. The minimum Gasteiger partial charge on any atom is -0.496 e. The predicted molar refractivity (Wildman–Crippen MR) is 71.4 cm³/mol. The maximum Gasteiger partial charge on any atom is 0.133 e.